The number of rotatable bonds is 11. The van der Waals surface area contributed by atoms with E-state index in [1.54, 1.807) is 4.31 Å². The van der Waals surface area contributed by atoms with E-state index < -0.39 is 10.0 Å². The molecule has 0 amide bonds. The van der Waals surface area contributed by atoms with Crippen molar-refractivity contribution < 1.29 is 8.42 Å². The van der Waals surface area contributed by atoms with Gasteiger partial charge in [-0.1, -0.05) is 46.0 Å². The van der Waals surface area contributed by atoms with Crippen LogP contribution in [0.4, 0.5) is 0 Å². The molecule has 1 aromatic heterocycles. The summed E-state index contributed by atoms with van der Waals surface area (Å²) in [5, 5.41) is 1.86. The standard InChI is InChI=1S/C16H29NO2S2/c1-4-6-7-8-9-10-13-17(12-5-2)21(18,19)16-15(3)11-14-20-16/h11,14H,4-10,12-13H2,1-3H3. The molecule has 0 atom stereocenters. The highest BCUT2D eigenvalue weighted by Crippen LogP contribution is 2.26. The zero-order chi connectivity index (χ0) is 15.7. The molecule has 0 aliphatic rings. The number of sulfonamides is 1. The number of aryl methyl sites for hydroxylation is 1. The Hall–Kier alpha value is -0.390. The lowest BCUT2D eigenvalue weighted by Crippen LogP contribution is -2.32. The van der Waals surface area contributed by atoms with Crippen molar-refractivity contribution in [3.63, 3.8) is 0 Å². The first-order chi connectivity index (χ1) is 10.0. The summed E-state index contributed by atoms with van der Waals surface area (Å²) >= 11 is 1.33. The highest BCUT2D eigenvalue weighted by molar-refractivity contribution is 7.91. The van der Waals surface area contributed by atoms with Crippen LogP contribution in [0.15, 0.2) is 15.7 Å². The average molecular weight is 332 g/mol. The largest absolute Gasteiger partial charge is 0.252 e. The third-order valence-corrected chi connectivity index (χ3v) is 7.19. The fraction of sp³-hybridized carbons (Fsp3) is 0.750. The van der Waals surface area contributed by atoms with Gasteiger partial charge in [0.2, 0.25) is 0 Å². The fourth-order valence-electron chi connectivity index (χ4n) is 2.41. The van der Waals surface area contributed by atoms with E-state index in [1.807, 2.05) is 25.3 Å². The lowest BCUT2D eigenvalue weighted by Gasteiger charge is -2.21. The lowest BCUT2D eigenvalue weighted by atomic mass is 10.1. The maximum absolute atomic E-state index is 12.7. The Bertz CT molecular complexity index is 494. The number of nitrogens with zero attached hydrogens (tertiary/aromatic N) is 1. The van der Waals surface area contributed by atoms with Crippen molar-refractivity contribution in [3.05, 3.63) is 17.0 Å². The van der Waals surface area contributed by atoms with Crippen molar-refractivity contribution in [1.29, 1.82) is 0 Å². The molecule has 21 heavy (non-hydrogen) atoms. The number of unbranched alkanes of at least 4 members (excludes halogenated alkanes) is 5. The van der Waals surface area contributed by atoms with E-state index in [2.05, 4.69) is 6.92 Å². The summed E-state index contributed by atoms with van der Waals surface area (Å²) in [5.74, 6) is 0. The third kappa shape index (κ3) is 5.72. The van der Waals surface area contributed by atoms with Crippen LogP contribution in [0.2, 0.25) is 0 Å². The molecule has 0 aliphatic heterocycles. The summed E-state index contributed by atoms with van der Waals surface area (Å²) in [4.78, 5) is 0. The Morgan fingerprint density at radius 3 is 2.24 bits per heavy atom. The molecular formula is C16H29NO2S2. The number of hydrogen-bond acceptors (Lipinski definition) is 3. The monoisotopic (exact) mass is 331 g/mol. The van der Waals surface area contributed by atoms with Crippen LogP contribution in [0.25, 0.3) is 0 Å². The predicted molar refractivity (Wildman–Crippen MR) is 91.5 cm³/mol. The second-order valence-corrected chi connectivity index (χ2v) is 8.61. The van der Waals surface area contributed by atoms with Crippen molar-refractivity contribution in [1.82, 2.24) is 4.31 Å². The van der Waals surface area contributed by atoms with Crippen molar-refractivity contribution in [3.8, 4) is 0 Å². The molecule has 1 aromatic rings. The van der Waals surface area contributed by atoms with Gasteiger partial charge >= 0.3 is 0 Å². The topological polar surface area (TPSA) is 37.4 Å². The maximum Gasteiger partial charge on any atom is 0.252 e. The van der Waals surface area contributed by atoms with E-state index in [4.69, 9.17) is 0 Å². The normalized spacial score (nSPS) is 12.2. The SMILES string of the molecule is CCCCCCCCN(CCC)S(=O)(=O)c1sccc1C. The predicted octanol–water partition coefficient (Wildman–Crippen LogP) is 4.82. The minimum absolute atomic E-state index is 0.516. The average Bonchev–Trinajstić information content (AvgIpc) is 2.88. The van der Waals surface area contributed by atoms with Crippen molar-refractivity contribution in [2.24, 2.45) is 0 Å². The van der Waals surface area contributed by atoms with Crippen LogP contribution >= 0.6 is 11.3 Å². The van der Waals surface area contributed by atoms with Gasteiger partial charge < -0.3 is 0 Å². The van der Waals surface area contributed by atoms with Crippen molar-refractivity contribution in [2.75, 3.05) is 13.1 Å². The zero-order valence-electron chi connectivity index (χ0n) is 13.6. The molecule has 0 bridgehead atoms. The lowest BCUT2D eigenvalue weighted by molar-refractivity contribution is 0.396. The molecule has 0 fully saturated rings. The van der Waals surface area contributed by atoms with E-state index >= 15 is 0 Å². The smallest absolute Gasteiger partial charge is 0.206 e. The molecule has 5 heteroatoms. The Morgan fingerprint density at radius 1 is 1.00 bits per heavy atom. The number of hydrogen-bond donors (Lipinski definition) is 0. The van der Waals surface area contributed by atoms with Crippen LogP contribution in [0.5, 0.6) is 0 Å². The van der Waals surface area contributed by atoms with E-state index in [9.17, 15) is 8.42 Å². The second kappa shape index (κ2) is 9.59. The van der Waals surface area contributed by atoms with Gasteiger partial charge in [-0.05, 0) is 36.8 Å². The minimum atomic E-state index is -3.30. The van der Waals surface area contributed by atoms with Crippen molar-refractivity contribution >= 4 is 21.4 Å². The van der Waals surface area contributed by atoms with Gasteiger partial charge in [0, 0.05) is 13.1 Å². The summed E-state index contributed by atoms with van der Waals surface area (Å²) in [5.41, 5.74) is 0.865. The van der Waals surface area contributed by atoms with Gasteiger partial charge in [-0.25, -0.2) is 8.42 Å². The Kier molecular flexibility index (Phi) is 8.52. The van der Waals surface area contributed by atoms with Crippen LogP contribution in [-0.2, 0) is 10.0 Å². The molecule has 0 unspecified atom stereocenters. The molecule has 0 saturated carbocycles. The van der Waals surface area contributed by atoms with Gasteiger partial charge in [-0.15, -0.1) is 11.3 Å². The van der Waals surface area contributed by atoms with E-state index in [1.165, 1.54) is 37.0 Å². The molecule has 1 rings (SSSR count). The van der Waals surface area contributed by atoms with E-state index in [-0.39, 0.29) is 0 Å². The Labute approximate surface area is 134 Å². The van der Waals surface area contributed by atoms with Crippen LogP contribution in [0, 0.1) is 6.92 Å². The second-order valence-electron chi connectivity index (χ2n) is 5.56. The first kappa shape index (κ1) is 18.7. The molecule has 0 radical (unpaired) electrons. The Balaban J connectivity index is 2.58. The van der Waals surface area contributed by atoms with Gasteiger partial charge in [0.05, 0.1) is 0 Å². The third-order valence-electron chi connectivity index (χ3n) is 3.62. The highest BCUT2D eigenvalue weighted by Gasteiger charge is 2.25. The maximum atomic E-state index is 12.7. The van der Waals surface area contributed by atoms with Gasteiger partial charge in [-0.2, -0.15) is 4.31 Å². The first-order valence-corrected chi connectivity index (χ1v) is 10.4. The van der Waals surface area contributed by atoms with Gasteiger partial charge in [0.15, 0.2) is 0 Å². The van der Waals surface area contributed by atoms with E-state index in [0.717, 1.165) is 24.8 Å². The summed E-state index contributed by atoms with van der Waals surface area (Å²) in [7, 11) is -3.30. The molecule has 122 valence electrons. The molecule has 0 saturated heterocycles. The molecule has 3 nitrogen and oxygen atoms in total. The molecule has 0 spiro atoms. The summed E-state index contributed by atoms with van der Waals surface area (Å²) in [6.07, 6.45) is 7.96. The number of thiophene rings is 1. The molecule has 0 N–H and O–H groups in total. The molecule has 0 aliphatic carbocycles. The van der Waals surface area contributed by atoms with Gasteiger partial charge in [0.1, 0.15) is 4.21 Å². The van der Waals surface area contributed by atoms with Gasteiger partial charge in [-0.3, -0.25) is 0 Å². The molecule has 1 heterocycles. The minimum Gasteiger partial charge on any atom is -0.206 e. The van der Waals surface area contributed by atoms with E-state index in [0.29, 0.717) is 17.3 Å². The van der Waals surface area contributed by atoms with Gasteiger partial charge in [0.25, 0.3) is 10.0 Å². The molecule has 0 aromatic carbocycles. The quantitative estimate of drug-likeness (QED) is 0.545. The Morgan fingerprint density at radius 2 is 1.67 bits per heavy atom. The van der Waals surface area contributed by atoms with Crippen LogP contribution in [-0.4, -0.2) is 25.8 Å². The molecular weight excluding hydrogens is 302 g/mol. The summed E-state index contributed by atoms with van der Waals surface area (Å²) in [6, 6.07) is 1.88. The van der Waals surface area contributed by atoms with Crippen molar-refractivity contribution in [2.45, 2.75) is 69.9 Å². The first-order valence-electron chi connectivity index (χ1n) is 8.08. The van der Waals surface area contributed by atoms with Crippen LogP contribution in [0.3, 0.4) is 0 Å². The van der Waals surface area contributed by atoms with Crippen LogP contribution < -0.4 is 0 Å². The van der Waals surface area contributed by atoms with Crippen LogP contribution in [0.1, 0.15) is 64.4 Å². The summed E-state index contributed by atoms with van der Waals surface area (Å²) in [6.45, 7) is 7.39. The fourth-order valence-corrected chi connectivity index (χ4v) is 5.53. The highest BCUT2D eigenvalue weighted by atomic mass is 32.2. The zero-order valence-corrected chi connectivity index (χ0v) is 15.2. The summed E-state index contributed by atoms with van der Waals surface area (Å²) < 4.78 is 27.6.